The minimum absolute atomic E-state index is 0.0361. The number of guanidine groups is 1. The van der Waals surface area contributed by atoms with Gasteiger partial charge in [-0.25, -0.2) is 13.4 Å². The molecule has 2 N–H and O–H groups in total. The van der Waals surface area contributed by atoms with E-state index in [4.69, 9.17) is 9.47 Å². The van der Waals surface area contributed by atoms with E-state index < -0.39 is 9.84 Å². The van der Waals surface area contributed by atoms with E-state index in [2.05, 4.69) is 15.6 Å². The van der Waals surface area contributed by atoms with Crippen LogP contribution in [0.2, 0.25) is 0 Å². The lowest BCUT2D eigenvalue weighted by Crippen LogP contribution is -2.39. The number of rotatable bonds is 10. The van der Waals surface area contributed by atoms with Crippen LogP contribution < -0.4 is 15.4 Å². The summed E-state index contributed by atoms with van der Waals surface area (Å²) in [6.45, 7) is 6.40. The van der Waals surface area contributed by atoms with Crippen molar-refractivity contribution in [2.24, 2.45) is 4.99 Å². The van der Waals surface area contributed by atoms with Gasteiger partial charge in [0, 0.05) is 24.9 Å². The Morgan fingerprint density at radius 1 is 1.24 bits per heavy atom. The molecule has 1 aromatic carbocycles. The number of aliphatic imine (C=N–C) groups is 1. The highest BCUT2D eigenvalue weighted by atomic mass is 32.2. The molecule has 1 rings (SSSR count). The van der Waals surface area contributed by atoms with Gasteiger partial charge in [0.2, 0.25) is 0 Å². The molecule has 8 heteroatoms. The van der Waals surface area contributed by atoms with Crippen molar-refractivity contribution >= 4 is 15.8 Å². The normalized spacial score (nSPS) is 12.1. The molecule has 0 unspecified atom stereocenters. The van der Waals surface area contributed by atoms with Gasteiger partial charge >= 0.3 is 0 Å². The van der Waals surface area contributed by atoms with E-state index in [0.29, 0.717) is 25.7 Å². The maximum atomic E-state index is 11.0. The highest BCUT2D eigenvalue weighted by molar-refractivity contribution is 7.90. The third-order valence-corrected chi connectivity index (χ3v) is 4.24. The lowest BCUT2D eigenvalue weighted by molar-refractivity contribution is 0.154. The number of nitrogens with zero attached hydrogens (tertiary/aromatic N) is 1. The molecule has 0 fully saturated rings. The average molecular weight is 372 g/mol. The Bertz CT molecular complexity index is 660. The van der Waals surface area contributed by atoms with Crippen LogP contribution in [-0.2, 0) is 21.1 Å². The zero-order valence-corrected chi connectivity index (χ0v) is 16.3. The van der Waals surface area contributed by atoms with Crippen molar-refractivity contribution in [1.82, 2.24) is 10.6 Å². The van der Waals surface area contributed by atoms with E-state index in [9.17, 15) is 8.42 Å². The molecule has 0 spiro atoms. The van der Waals surface area contributed by atoms with Crippen LogP contribution in [0.25, 0.3) is 0 Å². The van der Waals surface area contributed by atoms with Gasteiger partial charge in [-0.3, -0.25) is 0 Å². The Labute approximate surface area is 150 Å². The molecule has 0 aliphatic heterocycles. The number of methoxy groups -OCH3 is 1. The summed E-state index contributed by atoms with van der Waals surface area (Å²) in [5, 5.41) is 6.32. The monoisotopic (exact) mass is 371 g/mol. The van der Waals surface area contributed by atoms with Crippen LogP contribution in [0.5, 0.6) is 5.75 Å². The fourth-order valence-corrected chi connectivity index (χ4v) is 2.46. The summed E-state index contributed by atoms with van der Waals surface area (Å²) >= 11 is 0. The second kappa shape index (κ2) is 10.9. The highest BCUT2D eigenvalue weighted by Gasteiger charge is 2.04. The van der Waals surface area contributed by atoms with E-state index in [1.165, 1.54) is 6.26 Å². The van der Waals surface area contributed by atoms with E-state index >= 15 is 0 Å². The number of aryl methyl sites for hydroxylation is 1. The number of nitrogens with one attached hydrogen (secondary N) is 2. The Kier molecular flexibility index (Phi) is 9.30. The summed E-state index contributed by atoms with van der Waals surface area (Å²) in [6.07, 6.45) is 1.20. The smallest absolute Gasteiger partial charge is 0.191 e. The SMILES string of the molecule is CCNC(=NCc1ccc(C)cc1OC)NCCOCCS(C)(=O)=O. The van der Waals surface area contributed by atoms with Gasteiger partial charge in [-0.05, 0) is 25.5 Å². The lowest BCUT2D eigenvalue weighted by atomic mass is 10.1. The molecule has 1 aromatic rings. The molecule has 0 aromatic heterocycles. The standard InChI is InChI=1S/C17H29N3O4S/c1-5-18-17(19-8-9-24-10-11-25(4,21)22)20-13-15-7-6-14(2)12-16(15)23-3/h6-7,12H,5,8-11,13H2,1-4H3,(H2,18,19,20). The van der Waals surface area contributed by atoms with Gasteiger partial charge in [0.05, 0.1) is 32.6 Å². The second-order valence-electron chi connectivity index (χ2n) is 5.68. The predicted molar refractivity (Wildman–Crippen MR) is 101 cm³/mol. The number of sulfone groups is 1. The van der Waals surface area contributed by atoms with E-state index in [1.54, 1.807) is 7.11 Å². The summed E-state index contributed by atoms with van der Waals surface area (Å²) in [5.41, 5.74) is 2.15. The molecular weight excluding hydrogens is 342 g/mol. The maximum Gasteiger partial charge on any atom is 0.191 e. The van der Waals surface area contributed by atoms with Crippen molar-refractivity contribution in [1.29, 1.82) is 0 Å². The summed E-state index contributed by atoms with van der Waals surface area (Å²) in [4.78, 5) is 4.54. The average Bonchev–Trinajstić information content (AvgIpc) is 2.55. The molecule has 0 heterocycles. The third kappa shape index (κ3) is 9.31. The molecule has 25 heavy (non-hydrogen) atoms. The zero-order valence-electron chi connectivity index (χ0n) is 15.5. The Hall–Kier alpha value is -1.80. The topological polar surface area (TPSA) is 89.0 Å². The molecule has 0 aliphatic rings. The molecule has 0 amide bonds. The quantitative estimate of drug-likeness (QED) is 0.364. The summed E-state index contributed by atoms with van der Waals surface area (Å²) in [7, 11) is -1.33. The summed E-state index contributed by atoms with van der Waals surface area (Å²) in [5.74, 6) is 1.54. The minimum atomic E-state index is -2.98. The number of hydrogen-bond donors (Lipinski definition) is 2. The first-order chi connectivity index (χ1) is 11.9. The third-order valence-electron chi connectivity index (χ3n) is 3.33. The van der Waals surface area contributed by atoms with Gasteiger partial charge in [-0.1, -0.05) is 12.1 Å². The van der Waals surface area contributed by atoms with Crippen molar-refractivity contribution in [2.45, 2.75) is 20.4 Å². The van der Waals surface area contributed by atoms with Gasteiger partial charge in [0.15, 0.2) is 5.96 Å². The highest BCUT2D eigenvalue weighted by Crippen LogP contribution is 2.20. The van der Waals surface area contributed by atoms with Crippen molar-refractivity contribution in [3.63, 3.8) is 0 Å². The minimum Gasteiger partial charge on any atom is -0.496 e. The Morgan fingerprint density at radius 2 is 2.00 bits per heavy atom. The van der Waals surface area contributed by atoms with Crippen LogP contribution in [0.4, 0.5) is 0 Å². The Balaban J connectivity index is 2.49. The van der Waals surface area contributed by atoms with Crippen LogP contribution in [0, 0.1) is 6.92 Å². The van der Waals surface area contributed by atoms with Crippen LogP contribution in [-0.4, -0.2) is 59.8 Å². The second-order valence-corrected chi connectivity index (χ2v) is 7.94. The molecule has 0 saturated carbocycles. The van der Waals surface area contributed by atoms with Crippen LogP contribution >= 0.6 is 0 Å². The largest absolute Gasteiger partial charge is 0.496 e. The molecule has 142 valence electrons. The molecule has 0 radical (unpaired) electrons. The van der Waals surface area contributed by atoms with Crippen LogP contribution in [0.15, 0.2) is 23.2 Å². The van der Waals surface area contributed by atoms with Gasteiger partial charge in [0.1, 0.15) is 15.6 Å². The molecule has 0 atom stereocenters. The molecule has 0 bridgehead atoms. The maximum absolute atomic E-state index is 11.0. The van der Waals surface area contributed by atoms with Crippen molar-refractivity contribution < 1.29 is 17.9 Å². The molecule has 0 aliphatic carbocycles. The fourth-order valence-electron chi connectivity index (χ4n) is 2.04. The zero-order chi connectivity index (χ0) is 18.7. The number of benzene rings is 1. The molecule has 0 saturated heterocycles. The van der Waals surface area contributed by atoms with E-state index in [0.717, 1.165) is 23.4 Å². The van der Waals surface area contributed by atoms with Crippen LogP contribution in [0.3, 0.4) is 0 Å². The van der Waals surface area contributed by atoms with E-state index in [-0.39, 0.29) is 12.4 Å². The predicted octanol–water partition coefficient (Wildman–Crippen LogP) is 1.12. The number of hydrogen-bond acceptors (Lipinski definition) is 5. The lowest BCUT2D eigenvalue weighted by Gasteiger charge is -2.12. The molecule has 7 nitrogen and oxygen atoms in total. The van der Waals surface area contributed by atoms with Crippen molar-refractivity contribution in [3.05, 3.63) is 29.3 Å². The fraction of sp³-hybridized carbons (Fsp3) is 0.588. The first-order valence-electron chi connectivity index (χ1n) is 8.27. The van der Waals surface area contributed by atoms with Gasteiger partial charge < -0.3 is 20.1 Å². The first-order valence-corrected chi connectivity index (χ1v) is 10.3. The summed E-state index contributed by atoms with van der Waals surface area (Å²) in [6, 6.07) is 6.03. The van der Waals surface area contributed by atoms with Crippen LogP contribution in [0.1, 0.15) is 18.1 Å². The van der Waals surface area contributed by atoms with Crippen molar-refractivity contribution in [2.75, 3.05) is 45.4 Å². The number of ether oxygens (including phenoxy) is 2. The Morgan fingerprint density at radius 3 is 2.64 bits per heavy atom. The van der Waals surface area contributed by atoms with Crippen molar-refractivity contribution in [3.8, 4) is 5.75 Å². The van der Waals surface area contributed by atoms with Gasteiger partial charge in [-0.15, -0.1) is 0 Å². The summed E-state index contributed by atoms with van der Waals surface area (Å²) < 4.78 is 32.7. The van der Waals surface area contributed by atoms with Gasteiger partial charge in [0.25, 0.3) is 0 Å². The van der Waals surface area contributed by atoms with E-state index in [1.807, 2.05) is 32.0 Å². The molecular formula is C17H29N3O4S. The first kappa shape index (κ1) is 21.2. The van der Waals surface area contributed by atoms with Gasteiger partial charge in [-0.2, -0.15) is 0 Å².